The van der Waals surface area contributed by atoms with Crippen LogP contribution in [0, 0.1) is 0 Å². The molecule has 0 saturated carbocycles. The third-order valence-electron chi connectivity index (χ3n) is 7.15. The summed E-state index contributed by atoms with van der Waals surface area (Å²) in [6, 6.07) is 25.3. The number of halogens is 2. The highest BCUT2D eigenvalue weighted by Crippen LogP contribution is 2.34. The van der Waals surface area contributed by atoms with Gasteiger partial charge in [-0.1, -0.05) is 59.6 Å². The van der Waals surface area contributed by atoms with Gasteiger partial charge in [-0.05, 0) is 72.1 Å². The molecule has 220 valence electrons. The number of carbonyl (C=O) groups is 1. The largest absolute Gasteiger partial charge is 0.478 e. The van der Waals surface area contributed by atoms with Gasteiger partial charge in [-0.2, -0.15) is 4.68 Å². The number of carboxylic acids is 1. The Kier molecular flexibility index (Phi) is 7.82. The first-order valence-corrected chi connectivity index (χ1v) is 14.4. The second kappa shape index (κ2) is 11.9. The predicted octanol–water partition coefficient (Wildman–Crippen LogP) is 6.90. The van der Waals surface area contributed by atoms with E-state index in [9.17, 15) is 19.5 Å². The summed E-state index contributed by atoms with van der Waals surface area (Å²) >= 11 is 12.6. The maximum Gasteiger partial charge on any atom is 0.340 e. The maximum atomic E-state index is 11.9. The second-order valence-corrected chi connectivity index (χ2v) is 10.8. The highest BCUT2D eigenvalue weighted by molar-refractivity contribution is 6.36. The quantitative estimate of drug-likeness (QED) is 0.159. The Hall–Kier alpha value is -5.12. The smallest absolute Gasteiger partial charge is 0.340 e. The highest BCUT2D eigenvalue weighted by Gasteiger charge is 2.20. The van der Waals surface area contributed by atoms with Crippen LogP contribution < -0.4 is 21.3 Å². The van der Waals surface area contributed by atoms with Crippen LogP contribution in [0.15, 0.2) is 101 Å². The lowest BCUT2D eigenvalue weighted by Gasteiger charge is -2.15. The molecule has 0 unspecified atom stereocenters. The predicted molar refractivity (Wildman–Crippen MR) is 170 cm³/mol. The molecule has 2 aromatic heterocycles. The Morgan fingerprint density at radius 3 is 2.30 bits per heavy atom. The van der Waals surface area contributed by atoms with E-state index >= 15 is 0 Å². The van der Waals surface area contributed by atoms with Gasteiger partial charge >= 0.3 is 17.1 Å². The van der Waals surface area contributed by atoms with Crippen LogP contribution in [0.3, 0.4) is 0 Å². The summed E-state index contributed by atoms with van der Waals surface area (Å²) in [6.45, 7) is 2.73. The van der Waals surface area contributed by atoms with Crippen molar-refractivity contribution in [3.63, 3.8) is 0 Å². The molecule has 0 saturated heterocycles. The van der Waals surface area contributed by atoms with Crippen LogP contribution in [0.4, 0.5) is 5.69 Å². The van der Waals surface area contributed by atoms with Crippen molar-refractivity contribution < 1.29 is 14.6 Å². The van der Waals surface area contributed by atoms with Crippen LogP contribution >= 0.6 is 23.2 Å². The maximum absolute atomic E-state index is 11.9. The van der Waals surface area contributed by atoms with Crippen LogP contribution in [0.5, 0.6) is 11.5 Å². The number of ether oxygens (including phenoxy) is 1. The number of benzene rings is 4. The van der Waals surface area contributed by atoms with Gasteiger partial charge in [-0.15, -0.1) is 0 Å². The fourth-order valence-electron chi connectivity index (χ4n) is 4.90. The van der Waals surface area contributed by atoms with Gasteiger partial charge in [0.15, 0.2) is 0 Å². The summed E-state index contributed by atoms with van der Waals surface area (Å²) in [7, 11) is 0. The Bertz CT molecular complexity index is 2070. The molecule has 6 rings (SSSR count). The first-order valence-electron chi connectivity index (χ1n) is 13.6. The molecule has 11 heteroatoms. The number of aryl methyl sites for hydroxylation is 1. The number of hydrogen-bond acceptors (Lipinski definition) is 6. The number of nitrogens with one attached hydrogen (secondary N) is 1. The number of rotatable bonds is 10. The minimum Gasteiger partial charge on any atom is -0.478 e. The first kappa shape index (κ1) is 29.0. The first-order chi connectivity index (χ1) is 21.2. The van der Waals surface area contributed by atoms with E-state index < -0.39 is 17.1 Å². The topological polar surface area (TPSA) is 115 Å². The molecule has 0 spiro atoms. The molecule has 44 heavy (non-hydrogen) atoms. The lowest BCUT2D eigenvalue weighted by atomic mass is 9.97. The van der Waals surface area contributed by atoms with Gasteiger partial charge in [-0.25, -0.2) is 9.78 Å². The SMILES string of the molecule is CCn1cc(-c2ccc(Cl)cc2Cl)nc1Cc1cc(Oc2ccc(Nn3c(=O)c3=O)c(C(=O)O)c2)ccc1-c1ccccc1. The van der Waals surface area contributed by atoms with Crippen molar-refractivity contribution in [2.45, 2.75) is 19.9 Å². The van der Waals surface area contributed by atoms with E-state index in [1.165, 1.54) is 12.1 Å². The molecule has 9 nitrogen and oxygen atoms in total. The molecule has 4 aromatic carbocycles. The fraction of sp³-hybridized carbons (Fsp3) is 0.0909. The number of hydrogen-bond donors (Lipinski definition) is 2. The molecular weight excluding hydrogens is 603 g/mol. The van der Waals surface area contributed by atoms with E-state index in [4.69, 9.17) is 32.9 Å². The molecule has 2 N–H and O–H groups in total. The number of anilines is 1. The minimum absolute atomic E-state index is 0.0900. The van der Waals surface area contributed by atoms with Crippen LogP contribution in [-0.4, -0.2) is 25.3 Å². The van der Waals surface area contributed by atoms with Gasteiger partial charge in [0.2, 0.25) is 0 Å². The molecule has 0 aliphatic heterocycles. The van der Waals surface area contributed by atoms with E-state index in [0.717, 1.165) is 38.4 Å². The van der Waals surface area contributed by atoms with Crippen molar-refractivity contribution in [1.82, 2.24) is 14.2 Å². The van der Waals surface area contributed by atoms with Gasteiger partial charge in [-0.3, -0.25) is 15.0 Å². The fourth-order valence-corrected chi connectivity index (χ4v) is 5.41. The molecule has 0 radical (unpaired) electrons. The highest BCUT2D eigenvalue weighted by atomic mass is 35.5. The monoisotopic (exact) mass is 626 g/mol. The molecule has 0 aliphatic carbocycles. The van der Waals surface area contributed by atoms with Gasteiger partial charge in [0.05, 0.1) is 22.0 Å². The Morgan fingerprint density at radius 2 is 1.61 bits per heavy atom. The third kappa shape index (κ3) is 5.88. The number of carboxylic acid groups (broad SMARTS) is 1. The summed E-state index contributed by atoms with van der Waals surface area (Å²) in [6.07, 6.45) is 2.44. The Labute approximate surface area is 261 Å². The zero-order valence-corrected chi connectivity index (χ0v) is 24.8. The summed E-state index contributed by atoms with van der Waals surface area (Å²) in [5, 5.41) is 10.8. The summed E-state index contributed by atoms with van der Waals surface area (Å²) in [4.78, 5) is 39.6. The number of imidazole rings is 1. The number of aromatic carboxylic acids is 1. The normalized spacial score (nSPS) is 11.2. The average molecular weight is 627 g/mol. The zero-order valence-electron chi connectivity index (χ0n) is 23.3. The third-order valence-corrected chi connectivity index (χ3v) is 7.69. The van der Waals surface area contributed by atoms with Crippen molar-refractivity contribution in [1.29, 1.82) is 0 Å². The number of nitrogens with zero attached hydrogens (tertiary/aromatic N) is 3. The van der Waals surface area contributed by atoms with E-state index in [2.05, 4.69) is 9.99 Å². The standard InChI is InChI=1S/C33H24Cl2N4O5/c1-2-38-18-29(25-11-8-21(34)16-27(25)35)36-30(38)15-20-14-22(9-12-24(20)19-6-4-3-5-7-19)44-23-10-13-28(26(17-23)33(42)43)37-39-31(40)32(39)41/h3-14,16-18,37H,2,15H2,1H3,(H,42,43). The molecule has 6 aromatic rings. The number of aromatic nitrogens is 3. The molecule has 0 aliphatic rings. The van der Waals surface area contributed by atoms with Crippen LogP contribution in [0.25, 0.3) is 22.4 Å². The van der Waals surface area contributed by atoms with Gasteiger partial charge in [0.25, 0.3) is 0 Å². The van der Waals surface area contributed by atoms with E-state index in [1.54, 1.807) is 18.2 Å². The molecule has 0 amide bonds. The molecule has 0 atom stereocenters. The molecule has 2 heterocycles. The van der Waals surface area contributed by atoms with Crippen molar-refractivity contribution in [3.8, 4) is 33.9 Å². The lowest BCUT2D eigenvalue weighted by molar-refractivity contribution is 0.0697. The van der Waals surface area contributed by atoms with Gasteiger partial charge in [0, 0.05) is 29.7 Å². The van der Waals surface area contributed by atoms with Crippen LogP contribution in [-0.2, 0) is 13.0 Å². The average Bonchev–Trinajstić information content (AvgIpc) is 3.37. The van der Waals surface area contributed by atoms with E-state index in [-0.39, 0.29) is 17.0 Å². The van der Waals surface area contributed by atoms with Gasteiger partial charge in [0.1, 0.15) is 17.3 Å². The summed E-state index contributed by atoms with van der Waals surface area (Å²) in [5.41, 5.74) is 5.46. The van der Waals surface area contributed by atoms with Crippen molar-refractivity contribution in [2.75, 3.05) is 5.43 Å². The Morgan fingerprint density at radius 1 is 0.909 bits per heavy atom. The minimum atomic E-state index is -1.25. The zero-order chi connectivity index (χ0) is 31.0. The molecular formula is C33H24Cl2N4O5. The lowest BCUT2D eigenvalue weighted by Crippen LogP contribution is -2.12. The molecule has 0 fully saturated rings. The summed E-state index contributed by atoms with van der Waals surface area (Å²) < 4.78 is 8.93. The van der Waals surface area contributed by atoms with E-state index in [1.807, 2.05) is 67.7 Å². The van der Waals surface area contributed by atoms with Crippen molar-refractivity contribution >= 4 is 34.9 Å². The van der Waals surface area contributed by atoms with Crippen molar-refractivity contribution in [2.24, 2.45) is 0 Å². The summed E-state index contributed by atoms with van der Waals surface area (Å²) in [5.74, 6) is 0.335. The van der Waals surface area contributed by atoms with E-state index in [0.29, 0.717) is 28.8 Å². The van der Waals surface area contributed by atoms with Gasteiger partial charge < -0.3 is 14.4 Å². The van der Waals surface area contributed by atoms with Crippen LogP contribution in [0.2, 0.25) is 10.0 Å². The second-order valence-electron chi connectivity index (χ2n) is 9.99. The Balaban J connectivity index is 1.35. The van der Waals surface area contributed by atoms with Crippen LogP contribution in [0.1, 0.15) is 28.7 Å². The van der Waals surface area contributed by atoms with Crippen molar-refractivity contribution in [3.05, 3.63) is 139 Å². The molecule has 0 bridgehead atoms.